The normalized spacial score (nSPS) is 10.8. The third-order valence-corrected chi connectivity index (χ3v) is 4.11. The Morgan fingerprint density at radius 3 is 2.76 bits per heavy atom. The van der Waals surface area contributed by atoms with Gasteiger partial charge in [-0.3, -0.25) is 0 Å². The molecule has 1 N–H and O–H groups in total. The molecule has 0 bridgehead atoms. The van der Waals surface area contributed by atoms with Gasteiger partial charge in [-0.25, -0.2) is 4.98 Å². The molecule has 0 aliphatic rings. The third kappa shape index (κ3) is 2.68. The highest BCUT2D eigenvalue weighted by molar-refractivity contribution is 7.15. The first-order valence-corrected chi connectivity index (χ1v) is 6.68. The summed E-state index contributed by atoms with van der Waals surface area (Å²) in [7, 11) is 1.91. The summed E-state index contributed by atoms with van der Waals surface area (Å²) in [6, 6.07) is 6.39. The molecule has 90 valence electrons. The van der Waals surface area contributed by atoms with Crippen molar-refractivity contribution in [3.05, 3.63) is 39.4 Å². The zero-order valence-electron chi connectivity index (χ0n) is 10.2. The maximum absolute atomic E-state index is 6.12. The number of thiazole rings is 1. The van der Waals surface area contributed by atoms with Crippen molar-refractivity contribution in [1.82, 2.24) is 10.3 Å². The van der Waals surface area contributed by atoms with Crippen molar-refractivity contribution in [3.8, 4) is 10.6 Å². The molecule has 1 aromatic heterocycles. The van der Waals surface area contributed by atoms with Gasteiger partial charge in [-0.15, -0.1) is 11.3 Å². The largest absolute Gasteiger partial charge is 0.315 e. The van der Waals surface area contributed by atoms with E-state index in [0.29, 0.717) is 5.15 Å². The number of hydrogen-bond acceptors (Lipinski definition) is 3. The topological polar surface area (TPSA) is 24.9 Å². The van der Waals surface area contributed by atoms with Crippen LogP contribution in [0.5, 0.6) is 0 Å². The maximum atomic E-state index is 6.12. The molecule has 0 unspecified atom stereocenters. The molecule has 4 heteroatoms. The molecule has 17 heavy (non-hydrogen) atoms. The van der Waals surface area contributed by atoms with Crippen LogP contribution in [-0.4, -0.2) is 12.0 Å². The Labute approximate surface area is 111 Å². The minimum absolute atomic E-state index is 0.610. The lowest BCUT2D eigenvalue weighted by atomic mass is 10.1. The maximum Gasteiger partial charge on any atom is 0.145 e. The number of hydrogen-bond donors (Lipinski definition) is 1. The summed E-state index contributed by atoms with van der Waals surface area (Å²) in [6.45, 7) is 4.97. The fourth-order valence-corrected chi connectivity index (χ4v) is 3.14. The molecule has 1 heterocycles. The van der Waals surface area contributed by atoms with Crippen molar-refractivity contribution in [1.29, 1.82) is 0 Å². The van der Waals surface area contributed by atoms with Gasteiger partial charge in [0.2, 0.25) is 0 Å². The van der Waals surface area contributed by atoms with Gasteiger partial charge in [0.1, 0.15) is 10.2 Å². The van der Waals surface area contributed by atoms with Gasteiger partial charge in [0, 0.05) is 12.1 Å². The minimum atomic E-state index is 0.610. The van der Waals surface area contributed by atoms with Gasteiger partial charge in [0.15, 0.2) is 0 Å². The van der Waals surface area contributed by atoms with Crippen molar-refractivity contribution in [2.75, 3.05) is 7.05 Å². The predicted molar refractivity (Wildman–Crippen MR) is 74.8 cm³/mol. The highest BCUT2D eigenvalue weighted by atomic mass is 35.5. The molecule has 0 fully saturated rings. The Kier molecular flexibility index (Phi) is 3.82. The van der Waals surface area contributed by atoms with Crippen LogP contribution in [0, 0.1) is 13.8 Å². The average molecular weight is 267 g/mol. The molecule has 0 saturated heterocycles. The molecule has 0 aliphatic carbocycles. The summed E-state index contributed by atoms with van der Waals surface area (Å²) >= 11 is 7.77. The van der Waals surface area contributed by atoms with Crippen molar-refractivity contribution in [2.24, 2.45) is 0 Å². The molecule has 2 aromatic rings. The van der Waals surface area contributed by atoms with Crippen LogP contribution in [0.2, 0.25) is 5.15 Å². The average Bonchev–Trinajstić information content (AvgIpc) is 2.60. The van der Waals surface area contributed by atoms with Crippen LogP contribution in [0.25, 0.3) is 10.6 Å². The van der Waals surface area contributed by atoms with E-state index in [0.717, 1.165) is 16.4 Å². The first-order valence-electron chi connectivity index (χ1n) is 5.49. The Morgan fingerprint density at radius 1 is 1.35 bits per heavy atom. The van der Waals surface area contributed by atoms with E-state index >= 15 is 0 Å². The van der Waals surface area contributed by atoms with Crippen LogP contribution in [0.3, 0.4) is 0 Å². The lowest BCUT2D eigenvalue weighted by Crippen LogP contribution is -2.03. The van der Waals surface area contributed by atoms with E-state index in [2.05, 4.69) is 42.3 Å². The molecule has 1 aromatic carbocycles. The van der Waals surface area contributed by atoms with Crippen LogP contribution in [0.4, 0.5) is 0 Å². The number of nitrogens with one attached hydrogen (secondary N) is 1. The molecule has 2 rings (SSSR count). The Bertz CT molecular complexity index is 534. The second-order valence-corrected chi connectivity index (χ2v) is 5.52. The number of aryl methyl sites for hydroxylation is 2. The summed E-state index contributed by atoms with van der Waals surface area (Å²) in [6.07, 6.45) is 0. The van der Waals surface area contributed by atoms with Crippen molar-refractivity contribution >= 4 is 22.9 Å². The minimum Gasteiger partial charge on any atom is -0.315 e. The first kappa shape index (κ1) is 12.6. The zero-order chi connectivity index (χ0) is 12.4. The van der Waals surface area contributed by atoms with E-state index < -0.39 is 0 Å². The second kappa shape index (κ2) is 5.17. The van der Waals surface area contributed by atoms with Crippen molar-refractivity contribution < 1.29 is 0 Å². The highest BCUT2D eigenvalue weighted by Gasteiger charge is 2.11. The number of aromatic nitrogens is 1. The number of halogens is 1. The molecule has 0 spiro atoms. The van der Waals surface area contributed by atoms with Gasteiger partial charge >= 0.3 is 0 Å². The summed E-state index contributed by atoms with van der Waals surface area (Å²) in [5.74, 6) is 0. The smallest absolute Gasteiger partial charge is 0.145 e. The monoisotopic (exact) mass is 266 g/mol. The molecule has 2 nitrogen and oxygen atoms in total. The van der Waals surface area contributed by atoms with Crippen LogP contribution < -0.4 is 5.32 Å². The summed E-state index contributed by atoms with van der Waals surface area (Å²) in [5.41, 5.74) is 3.68. The molecule has 0 saturated carbocycles. The molecule has 0 radical (unpaired) electrons. The van der Waals surface area contributed by atoms with Gasteiger partial charge in [0.25, 0.3) is 0 Å². The lowest BCUT2D eigenvalue weighted by Gasteiger charge is -2.02. The number of benzene rings is 1. The van der Waals surface area contributed by atoms with E-state index in [9.17, 15) is 0 Å². The Balaban J connectivity index is 2.42. The Hall–Kier alpha value is -0.900. The SMILES string of the molecule is CNCc1sc(-c2ccc(C)cc2C)nc1Cl. The van der Waals surface area contributed by atoms with Crippen molar-refractivity contribution in [3.63, 3.8) is 0 Å². The molecular formula is C13H15ClN2S. The van der Waals surface area contributed by atoms with Crippen LogP contribution >= 0.6 is 22.9 Å². The highest BCUT2D eigenvalue weighted by Crippen LogP contribution is 2.32. The van der Waals surface area contributed by atoms with E-state index in [4.69, 9.17) is 11.6 Å². The summed E-state index contributed by atoms with van der Waals surface area (Å²) in [5, 5.41) is 4.71. The lowest BCUT2D eigenvalue weighted by molar-refractivity contribution is 0.829. The summed E-state index contributed by atoms with van der Waals surface area (Å²) in [4.78, 5) is 5.52. The van der Waals surface area contributed by atoms with Crippen molar-refractivity contribution in [2.45, 2.75) is 20.4 Å². The molecular weight excluding hydrogens is 252 g/mol. The van der Waals surface area contributed by atoms with Gasteiger partial charge in [-0.2, -0.15) is 0 Å². The van der Waals surface area contributed by atoms with E-state index in [1.54, 1.807) is 11.3 Å². The van der Waals surface area contributed by atoms with Crippen LogP contribution in [0.15, 0.2) is 18.2 Å². The van der Waals surface area contributed by atoms with Gasteiger partial charge in [-0.05, 0) is 26.5 Å². The fourth-order valence-electron chi connectivity index (χ4n) is 1.77. The number of rotatable bonds is 3. The zero-order valence-corrected chi connectivity index (χ0v) is 11.7. The van der Waals surface area contributed by atoms with Crippen LogP contribution in [-0.2, 0) is 6.54 Å². The first-order chi connectivity index (χ1) is 8.11. The molecule has 0 atom stereocenters. The van der Waals surface area contributed by atoms with Gasteiger partial charge in [-0.1, -0.05) is 35.4 Å². The van der Waals surface area contributed by atoms with E-state index in [1.165, 1.54) is 16.7 Å². The van der Waals surface area contributed by atoms with E-state index in [1.807, 2.05) is 7.05 Å². The van der Waals surface area contributed by atoms with Gasteiger partial charge in [0.05, 0.1) is 4.88 Å². The molecule has 0 aliphatic heterocycles. The third-order valence-electron chi connectivity index (χ3n) is 2.60. The fraction of sp³-hybridized carbons (Fsp3) is 0.308. The summed E-state index contributed by atoms with van der Waals surface area (Å²) < 4.78 is 0. The second-order valence-electron chi connectivity index (χ2n) is 4.08. The van der Waals surface area contributed by atoms with Gasteiger partial charge < -0.3 is 5.32 Å². The number of nitrogens with zero attached hydrogens (tertiary/aromatic N) is 1. The van der Waals surface area contributed by atoms with E-state index in [-0.39, 0.29) is 0 Å². The quantitative estimate of drug-likeness (QED) is 0.914. The van der Waals surface area contributed by atoms with Crippen LogP contribution in [0.1, 0.15) is 16.0 Å². The Morgan fingerprint density at radius 2 is 2.12 bits per heavy atom. The predicted octanol–water partition coefficient (Wildman–Crippen LogP) is 3.80. The molecule has 0 amide bonds. The standard InChI is InChI=1S/C13H15ClN2S/c1-8-4-5-10(9(2)6-8)13-16-12(14)11(17-13)7-15-3/h4-6,15H,7H2,1-3H3.